The van der Waals surface area contributed by atoms with Crippen LogP contribution in [0.15, 0.2) is 233 Å². The van der Waals surface area contributed by atoms with Gasteiger partial charge in [0.05, 0.1) is 38.3 Å². The lowest BCUT2D eigenvalue weighted by atomic mass is 10.1. The van der Waals surface area contributed by atoms with Crippen molar-refractivity contribution in [2.75, 3.05) is 33.2 Å². The number of alkyl halides is 2. The molecule has 0 radical (unpaired) electrons. The van der Waals surface area contributed by atoms with Crippen molar-refractivity contribution in [3.05, 3.63) is 253 Å². The van der Waals surface area contributed by atoms with Crippen molar-refractivity contribution < 1.29 is 33.7 Å². The van der Waals surface area contributed by atoms with Gasteiger partial charge in [0.25, 0.3) is 0 Å². The summed E-state index contributed by atoms with van der Waals surface area (Å²) in [5.74, 6) is 7.73. The number of aromatic nitrogens is 6. The molecule has 22 heteroatoms. The van der Waals surface area contributed by atoms with E-state index in [9.17, 15) is 4.79 Å². The molecule has 10 aromatic carbocycles. The molecule has 0 atom stereocenters. The van der Waals surface area contributed by atoms with Crippen molar-refractivity contribution in [1.82, 2.24) is 35.6 Å². The number of amidine groups is 1. The minimum Gasteiger partial charge on any atom is -0.497 e. The fourth-order valence-corrected chi connectivity index (χ4v) is 9.86. The van der Waals surface area contributed by atoms with Crippen LogP contribution in [0.4, 0.5) is 0 Å². The summed E-state index contributed by atoms with van der Waals surface area (Å²) in [6, 6.07) is 70.2. The summed E-state index contributed by atoms with van der Waals surface area (Å²) in [6.07, 6.45) is 5.85. The van der Waals surface area contributed by atoms with Gasteiger partial charge in [-0.2, -0.15) is 15.2 Å². The molecule has 0 saturated heterocycles. The number of rotatable bonds is 14. The number of nitriles is 1. The molecule has 0 bridgehead atoms. The highest BCUT2D eigenvalue weighted by atomic mass is 35.5. The molecule has 14 aromatic rings. The van der Waals surface area contributed by atoms with E-state index in [-0.39, 0.29) is 17.6 Å². The molecule has 94 heavy (non-hydrogen) atoms. The second-order valence-corrected chi connectivity index (χ2v) is 21.4. The number of nitrogens with zero attached hydrogens (tertiary/aromatic N) is 6. The Hall–Kier alpha value is -10.7. The van der Waals surface area contributed by atoms with Crippen LogP contribution in [0, 0.1) is 11.3 Å². The number of methoxy groups -OCH3 is 2. The number of ether oxygens (including phenoxy) is 2. The first-order valence-electron chi connectivity index (χ1n) is 29.2. The van der Waals surface area contributed by atoms with Gasteiger partial charge in [-0.05, 0) is 158 Å². The Kier molecular flexibility index (Phi) is 26.4. The van der Waals surface area contributed by atoms with Crippen LogP contribution in [0.25, 0.3) is 87.7 Å². The summed E-state index contributed by atoms with van der Waals surface area (Å²) in [5, 5.41) is 49.2. The summed E-state index contributed by atoms with van der Waals surface area (Å²) in [5.41, 5.74) is 19.1. The number of carbonyl (C=O) groups is 1. The van der Waals surface area contributed by atoms with Gasteiger partial charge in [0, 0.05) is 50.9 Å². The molecular weight excluding hydrogens is 1250 g/mol. The minimum atomic E-state index is -0.508. The fourth-order valence-electron chi connectivity index (χ4n) is 9.75. The molecule has 4 heterocycles. The number of benzene rings is 10. The van der Waals surface area contributed by atoms with Gasteiger partial charge in [-0.15, -0.1) is 23.2 Å². The molecule has 0 fully saturated rings. The number of nitrogens with two attached hydrogens (primary N) is 3. The first kappa shape index (κ1) is 69.2. The second kappa shape index (κ2) is 35.8. The predicted molar refractivity (Wildman–Crippen MR) is 375 cm³/mol. The normalized spacial score (nSPS) is 10.6. The fraction of sp³-hybridized carbons (Fsp3) is 0.125. The number of aromatic amines is 2. The molecule has 0 unspecified atom stereocenters. The van der Waals surface area contributed by atoms with Crippen molar-refractivity contribution in [1.29, 1.82) is 5.26 Å². The number of hydrogen-bond acceptors (Lipinski definition) is 16. The van der Waals surface area contributed by atoms with Crippen molar-refractivity contribution >= 4 is 111 Å². The van der Waals surface area contributed by atoms with Crippen LogP contribution in [0.2, 0.25) is 0 Å². The van der Waals surface area contributed by atoms with E-state index >= 15 is 0 Å². The smallest absolute Gasteiger partial charge is 0.241 e. The van der Waals surface area contributed by atoms with Gasteiger partial charge in [-0.3, -0.25) is 4.79 Å². The third-order valence-corrected chi connectivity index (χ3v) is 15.2. The van der Waals surface area contributed by atoms with E-state index in [1.807, 2.05) is 170 Å². The zero-order valence-corrected chi connectivity index (χ0v) is 53.5. The molecule has 0 aliphatic heterocycles. The predicted octanol–water partition coefficient (Wildman–Crippen LogP) is 15.0. The van der Waals surface area contributed by atoms with E-state index in [1.165, 1.54) is 38.1 Å². The highest BCUT2D eigenvalue weighted by Crippen LogP contribution is 2.27. The van der Waals surface area contributed by atoms with Crippen LogP contribution in [-0.4, -0.2) is 84.9 Å². The monoisotopic (exact) mass is 1320 g/mol. The van der Waals surface area contributed by atoms with Crippen molar-refractivity contribution in [2.45, 2.75) is 25.3 Å². The average molecular weight is 1320 g/mol. The number of hydrogen-bond donors (Lipinski definition) is 8. The summed E-state index contributed by atoms with van der Waals surface area (Å²) in [6.45, 7) is 2.01. The van der Waals surface area contributed by atoms with Crippen LogP contribution in [0.5, 0.6) is 11.5 Å². The summed E-state index contributed by atoms with van der Waals surface area (Å²) >= 11 is 15.2. The summed E-state index contributed by atoms with van der Waals surface area (Å²) in [4.78, 5) is 24.7. The summed E-state index contributed by atoms with van der Waals surface area (Å²) in [7, 11) is 3.36. The lowest BCUT2D eigenvalue weighted by Crippen LogP contribution is -2.16. The Morgan fingerprint density at radius 2 is 1.03 bits per heavy atom. The Labute approximate surface area is 556 Å². The lowest BCUT2D eigenvalue weighted by Gasteiger charge is -2.03. The first-order valence-corrected chi connectivity index (χ1v) is 30.7. The maximum atomic E-state index is 9.45. The largest absolute Gasteiger partial charge is 0.497 e. The molecule has 0 saturated carbocycles. The molecule has 0 spiro atoms. The highest BCUT2D eigenvalue weighted by molar-refractivity contribution is 6.67. The maximum Gasteiger partial charge on any atom is 0.241 e. The SMILES string of the molecule is COc1ccc2[nH]cc(CCN)c2c1.COc1ccc2[nH]cc(CCNCc3nc(-c4ccc5ccccc5c4)no3)c2c1.ClCc1nc(-c2ccc3ccccc3c2)no1.N#Cc1ccc2ccccc2c1.N/C(=N/O)c1ccc2ccccc2c1.NO.O=C(Cl)CCl. The zero-order valence-electron chi connectivity index (χ0n) is 51.2. The quantitative estimate of drug-likeness (QED) is 0.00954. The highest BCUT2D eigenvalue weighted by Gasteiger charge is 2.12. The van der Waals surface area contributed by atoms with E-state index in [4.69, 9.17) is 80.5 Å². The number of carbonyl (C=O) groups excluding carboxylic acids is 1. The van der Waals surface area contributed by atoms with E-state index in [1.54, 1.807) is 14.2 Å². The van der Waals surface area contributed by atoms with Gasteiger partial charge in [0.2, 0.25) is 28.7 Å². The van der Waals surface area contributed by atoms with E-state index in [0.29, 0.717) is 42.1 Å². The Bertz CT molecular complexity index is 4810. The maximum absolute atomic E-state index is 9.45. The summed E-state index contributed by atoms with van der Waals surface area (Å²) < 4.78 is 20.9. The standard InChI is InChI=1S/C24H22N4O2.C13H9ClN2O.C11H14N2O.C11H10N2O.C11H7N.C2H2Cl2O.H3NO/c1-29-20-8-9-22-21(13-20)19(14-26-22)10-11-25-15-23-27-24(28-30-23)18-7-6-16-4-2-3-5-17(16)12-18;14-8-12-15-13(16-17-12)11-6-5-9-3-1-2-4-10(9)7-11;1-14-9-2-3-11-10(6-9)8(4-5-12)7-13-11;12-11(13-14)10-6-5-8-3-1-2-4-9(8)7-10;12-8-9-5-6-10-3-1-2-4-11(10)7-9;3-1-2(4)5;1-2/h2-9,12-14,25-26H,10-11,15H2,1H3;1-7H,8H2;2-3,6-7,13H,4-5,12H2,1H3;1-7,14H,(H2,12,13);1-7H;1H2;2H,1H2. The number of nitrogens with one attached hydrogen (secondary N) is 3. The van der Waals surface area contributed by atoms with Crippen molar-refractivity contribution in [3.8, 4) is 40.3 Å². The van der Waals surface area contributed by atoms with E-state index in [0.717, 1.165) is 85.5 Å². The van der Waals surface area contributed by atoms with E-state index < -0.39 is 5.24 Å². The van der Waals surface area contributed by atoms with Crippen LogP contribution < -0.4 is 32.2 Å². The minimum absolute atomic E-state index is 0.0957. The van der Waals surface area contributed by atoms with Crippen molar-refractivity contribution in [2.24, 2.45) is 22.5 Å². The van der Waals surface area contributed by atoms with Crippen molar-refractivity contribution in [3.63, 3.8) is 0 Å². The van der Waals surface area contributed by atoms with Gasteiger partial charge < -0.3 is 55.7 Å². The second-order valence-electron chi connectivity index (χ2n) is 20.4. The number of H-pyrrole nitrogens is 2. The van der Waals surface area contributed by atoms with Gasteiger partial charge in [0.1, 0.15) is 17.4 Å². The molecular formula is C72H67Cl3N12O7. The number of fused-ring (bicyclic) bond motifs is 6. The van der Waals surface area contributed by atoms with Gasteiger partial charge >= 0.3 is 0 Å². The molecule has 11 N–H and O–H groups in total. The van der Waals surface area contributed by atoms with Crippen LogP contribution in [0.3, 0.4) is 0 Å². The van der Waals surface area contributed by atoms with Crippen LogP contribution in [-0.2, 0) is 30.1 Å². The molecule has 4 aromatic heterocycles. The zero-order chi connectivity index (χ0) is 66.6. The van der Waals surface area contributed by atoms with E-state index in [2.05, 4.69) is 101 Å². The molecule has 14 rings (SSSR count). The Balaban J connectivity index is 0.000000153. The number of oxime groups is 1. The Morgan fingerprint density at radius 3 is 1.48 bits per heavy atom. The first-order chi connectivity index (χ1) is 46.0. The number of halogens is 3. The Morgan fingerprint density at radius 1 is 0.596 bits per heavy atom. The third-order valence-electron chi connectivity index (χ3n) is 14.4. The van der Waals surface area contributed by atoms with Gasteiger partial charge in [-0.25, -0.2) is 5.90 Å². The van der Waals surface area contributed by atoms with Crippen LogP contribution in [0.1, 0.15) is 34.0 Å². The van der Waals surface area contributed by atoms with Crippen LogP contribution >= 0.6 is 34.8 Å². The molecule has 0 aliphatic carbocycles. The molecule has 19 nitrogen and oxygen atoms in total. The third kappa shape index (κ3) is 19.2. The van der Waals surface area contributed by atoms with Gasteiger partial charge in [0.15, 0.2) is 5.84 Å². The molecule has 478 valence electrons. The average Bonchev–Trinajstić information content (AvgIpc) is 2.26. The lowest BCUT2D eigenvalue weighted by molar-refractivity contribution is -0.109. The topological polar surface area (TPSA) is 312 Å². The van der Waals surface area contributed by atoms with Gasteiger partial charge in [-0.1, -0.05) is 155 Å². The molecule has 0 aliphatic rings. The molecule has 0 amide bonds.